The first-order valence-electron chi connectivity index (χ1n) is 7.26. The Morgan fingerprint density at radius 2 is 1.84 bits per heavy atom. The minimum absolute atomic E-state index is 0.0182. The number of hydrogen-bond donors (Lipinski definition) is 3. The van der Waals surface area contributed by atoms with Crippen LogP contribution in [0.1, 0.15) is 16.1 Å². The highest BCUT2D eigenvalue weighted by Gasteiger charge is 2.17. The average Bonchev–Trinajstić information content (AvgIpc) is 2.55. The third-order valence-corrected chi connectivity index (χ3v) is 3.98. The third kappa shape index (κ3) is 3.22. The molecule has 0 atom stereocenters. The summed E-state index contributed by atoms with van der Waals surface area (Å²) in [5.74, 6) is -0.647. The Morgan fingerprint density at radius 1 is 1.12 bits per heavy atom. The van der Waals surface area contributed by atoms with Gasteiger partial charge in [0.05, 0.1) is 22.0 Å². The van der Waals surface area contributed by atoms with E-state index in [0.29, 0.717) is 28.3 Å². The first kappa shape index (κ1) is 16.7. The third-order valence-electron chi connectivity index (χ3n) is 3.65. The molecule has 0 saturated heterocycles. The number of nitrogens with zero attached hydrogens (tertiary/aromatic N) is 3. The summed E-state index contributed by atoms with van der Waals surface area (Å²) in [5.41, 5.74) is 14.6. The molecule has 7 nitrogen and oxygen atoms in total. The molecule has 0 bridgehead atoms. The molecule has 8 heteroatoms. The first-order valence-corrected chi connectivity index (χ1v) is 7.64. The van der Waals surface area contributed by atoms with E-state index in [1.54, 1.807) is 31.3 Å². The number of rotatable bonds is 3. The van der Waals surface area contributed by atoms with Crippen molar-refractivity contribution in [1.82, 2.24) is 15.0 Å². The minimum atomic E-state index is -1.12. The van der Waals surface area contributed by atoms with E-state index in [4.69, 9.17) is 23.1 Å². The molecule has 0 aliphatic rings. The molecule has 2 aromatic heterocycles. The van der Waals surface area contributed by atoms with Crippen molar-refractivity contribution in [3.63, 3.8) is 0 Å². The summed E-state index contributed by atoms with van der Waals surface area (Å²) < 4.78 is 0. The molecule has 0 unspecified atom stereocenters. The van der Waals surface area contributed by atoms with Gasteiger partial charge in [-0.15, -0.1) is 0 Å². The van der Waals surface area contributed by atoms with Gasteiger partial charge in [-0.3, -0.25) is 0 Å². The number of aromatic carboxylic acids is 1. The average molecular weight is 356 g/mol. The molecule has 0 fully saturated rings. The van der Waals surface area contributed by atoms with Crippen molar-refractivity contribution >= 4 is 29.3 Å². The molecular weight excluding hydrogens is 342 g/mol. The number of nitrogens with two attached hydrogens (primary N) is 2. The lowest BCUT2D eigenvalue weighted by atomic mass is 9.98. The summed E-state index contributed by atoms with van der Waals surface area (Å²) in [5, 5.41) is 9.44. The van der Waals surface area contributed by atoms with Gasteiger partial charge in [0.15, 0.2) is 0 Å². The van der Waals surface area contributed by atoms with Crippen molar-refractivity contribution in [2.45, 2.75) is 6.92 Å². The van der Waals surface area contributed by atoms with Crippen LogP contribution in [0.25, 0.3) is 22.4 Å². The van der Waals surface area contributed by atoms with Gasteiger partial charge in [-0.05, 0) is 31.2 Å². The van der Waals surface area contributed by atoms with Crippen molar-refractivity contribution in [3.05, 3.63) is 52.8 Å². The van der Waals surface area contributed by atoms with Crippen LogP contribution in [-0.2, 0) is 0 Å². The molecule has 0 saturated carbocycles. The number of halogens is 1. The summed E-state index contributed by atoms with van der Waals surface area (Å²) >= 11 is 5.95. The van der Waals surface area contributed by atoms with Crippen LogP contribution in [0.5, 0.6) is 0 Å². The van der Waals surface area contributed by atoms with Gasteiger partial charge in [0.1, 0.15) is 5.82 Å². The second-order valence-electron chi connectivity index (χ2n) is 5.36. The molecule has 3 rings (SSSR count). The SMILES string of the molecule is Cc1nc(N)nc(-c2ccc(Cl)c(C(=O)O)c2)c1-c1ccc(N)nc1. The van der Waals surface area contributed by atoms with Gasteiger partial charge in [-0.1, -0.05) is 17.7 Å². The Bertz CT molecular complexity index is 974. The molecular formula is C17H14ClN5O2. The zero-order chi connectivity index (χ0) is 18.1. The topological polar surface area (TPSA) is 128 Å². The van der Waals surface area contributed by atoms with E-state index in [-0.39, 0.29) is 16.5 Å². The zero-order valence-electron chi connectivity index (χ0n) is 13.2. The number of anilines is 2. The number of aromatic nitrogens is 3. The summed E-state index contributed by atoms with van der Waals surface area (Å²) in [6, 6.07) is 8.12. The van der Waals surface area contributed by atoms with Gasteiger partial charge >= 0.3 is 5.97 Å². The van der Waals surface area contributed by atoms with E-state index in [9.17, 15) is 9.90 Å². The monoisotopic (exact) mass is 355 g/mol. The maximum absolute atomic E-state index is 11.4. The van der Waals surface area contributed by atoms with Gasteiger partial charge in [-0.25, -0.2) is 19.7 Å². The van der Waals surface area contributed by atoms with Gasteiger partial charge in [-0.2, -0.15) is 0 Å². The van der Waals surface area contributed by atoms with Crippen molar-refractivity contribution in [2.24, 2.45) is 0 Å². The predicted molar refractivity (Wildman–Crippen MR) is 96.2 cm³/mol. The highest BCUT2D eigenvalue weighted by molar-refractivity contribution is 6.33. The normalized spacial score (nSPS) is 10.6. The zero-order valence-corrected chi connectivity index (χ0v) is 13.9. The van der Waals surface area contributed by atoms with Crippen molar-refractivity contribution < 1.29 is 9.90 Å². The van der Waals surface area contributed by atoms with E-state index < -0.39 is 5.97 Å². The molecule has 0 spiro atoms. The molecule has 25 heavy (non-hydrogen) atoms. The van der Waals surface area contributed by atoms with Gasteiger partial charge < -0.3 is 16.6 Å². The number of carboxylic acid groups (broad SMARTS) is 1. The van der Waals surface area contributed by atoms with Crippen LogP contribution >= 0.6 is 11.6 Å². The molecule has 126 valence electrons. The van der Waals surface area contributed by atoms with Gasteiger partial charge in [0.25, 0.3) is 0 Å². The molecule has 5 N–H and O–H groups in total. The fraction of sp³-hybridized carbons (Fsp3) is 0.0588. The lowest BCUT2D eigenvalue weighted by Crippen LogP contribution is -2.04. The fourth-order valence-corrected chi connectivity index (χ4v) is 2.74. The molecule has 0 amide bonds. The molecule has 0 aliphatic carbocycles. The number of pyridine rings is 1. The quantitative estimate of drug-likeness (QED) is 0.658. The van der Waals surface area contributed by atoms with Crippen LogP contribution in [0.4, 0.5) is 11.8 Å². The maximum Gasteiger partial charge on any atom is 0.337 e. The second kappa shape index (κ2) is 6.37. The number of carboxylic acids is 1. The predicted octanol–water partition coefficient (Wildman–Crippen LogP) is 3.03. The number of aryl methyl sites for hydroxylation is 1. The summed E-state index contributed by atoms with van der Waals surface area (Å²) in [4.78, 5) is 24.0. The van der Waals surface area contributed by atoms with Crippen molar-refractivity contribution in [3.8, 4) is 22.4 Å². The van der Waals surface area contributed by atoms with E-state index in [0.717, 1.165) is 5.56 Å². The first-order chi connectivity index (χ1) is 11.9. The maximum atomic E-state index is 11.4. The Labute approximate surface area is 148 Å². The summed E-state index contributed by atoms with van der Waals surface area (Å²) in [7, 11) is 0. The molecule has 3 aromatic rings. The minimum Gasteiger partial charge on any atom is -0.478 e. The Kier molecular flexibility index (Phi) is 4.24. The van der Waals surface area contributed by atoms with Crippen molar-refractivity contribution in [1.29, 1.82) is 0 Å². The number of nitrogen functional groups attached to an aromatic ring is 2. The number of hydrogen-bond acceptors (Lipinski definition) is 6. The van der Waals surface area contributed by atoms with Crippen molar-refractivity contribution in [2.75, 3.05) is 11.5 Å². The van der Waals surface area contributed by atoms with Crippen LogP contribution in [-0.4, -0.2) is 26.0 Å². The highest BCUT2D eigenvalue weighted by Crippen LogP contribution is 2.34. The number of benzene rings is 1. The summed E-state index contributed by atoms with van der Waals surface area (Å²) in [6.07, 6.45) is 1.61. The standard InChI is InChI=1S/C17H14ClN5O2/c1-8-14(10-3-5-13(19)21-7-10)15(23-17(20)22-8)9-2-4-12(18)11(6-9)16(24)25/h2-7H,1H3,(H2,19,21)(H,24,25)(H2,20,22,23). The Hall–Kier alpha value is -3.19. The van der Waals surface area contributed by atoms with E-state index in [1.807, 2.05) is 0 Å². The van der Waals surface area contributed by atoms with E-state index >= 15 is 0 Å². The largest absolute Gasteiger partial charge is 0.478 e. The van der Waals surface area contributed by atoms with Crippen LogP contribution in [0, 0.1) is 6.92 Å². The van der Waals surface area contributed by atoms with E-state index in [1.165, 1.54) is 12.1 Å². The van der Waals surface area contributed by atoms with Crippen LogP contribution < -0.4 is 11.5 Å². The molecule has 0 aliphatic heterocycles. The lowest BCUT2D eigenvalue weighted by molar-refractivity contribution is 0.0697. The molecule has 1 aromatic carbocycles. The molecule has 2 heterocycles. The fourth-order valence-electron chi connectivity index (χ4n) is 2.54. The van der Waals surface area contributed by atoms with Crippen LogP contribution in [0.15, 0.2) is 36.5 Å². The molecule has 0 radical (unpaired) electrons. The van der Waals surface area contributed by atoms with Crippen LogP contribution in [0.3, 0.4) is 0 Å². The van der Waals surface area contributed by atoms with Crippen LogP contribution in [0.2, 0.25) is 5.02 Å². The van der Waals surface area contributed by atoms with E-state index in [2.05, 4.69) is 15.0 Å². The second-order valence-corrected chi connectivity index (χ2v) is 5.77. The lowest BCUT2D eigenvalue weighted by Gasteiger charge is -2.13. The Morgan fingerprint density at radius 3 is 2.48 bits per heavy atom. The highest BCUT2D eigenvalue weighted by atomic mass is 35.5. The smallest absolute Gasteiger partial charge is 0.337 e. The van der Waals surface area contributed by atoms with Gasteiger partial charge in [0.2, 0.25) is 5.95 Å². The number of carbonyl (C=O) groups is 1. The van der Waals surface area contributed by atoms with Gasteiger partial charge in [0, 0.05) is 22.9 Å². The summed E-state index contributed by atoms with van der Waals surface area (Å²) in [6.45, 7) is 1.79. The Balaban J connectivity index is 2.28.